The van der Waals surface area contributed by atoms with Crippen molar-refractivity contribution in [3.63, 3.8) is 0 Å². The quantitative estimate of drug-likeness (QED) is 0.633. The van der Waals surface area contributed by atoms with E-state index in [1.54, 1.807) is 43.1 Å². The summed E-state index contributed by atoms with van der Waals surface area (Å²) in [6.45, 7) is 2.02. The Kier molecular flexibility index (Phi) is 6.08. The topological polar surface area (TPSA) is 104 Å². The number of carbonyl (C=O) groups is 1. The summed E-state index contributed by atoms with van der Waals surface area (Å²) in [5.74, 6) is 0.305. The summed E-state index contributed by atoms with van der Waals surface area (Å²) >= 11 is 0. The van der Waals surface area contributed by atoms with Crippen molar-refractivity contribution in [2.75, 3.05) is 7.11 Å². The molecule has 0 saturated heterocycles. The van der Waals surface area contributed by atoms with Crippen LogP contribution in [0.2, 0.25) is 0 Å². The van der Waals surface area contributed by atoms with E-state index < -0.39 is 5.82 Å². The fourth-order valence-electron chi connectivity index (χ4n) is 2.80. The molecule has 0 aliphatic carbocycles. The fraction of sp³-hybridized carbons (Fsp3) is 0.250. The second kappa shape index (κ2) is 8.70. The first-order chi connectivity index (χ1) is 13.9. The van der Waals surface area contributed by atoms with Crippen molar-refractivity contribution in [2.45, 2.75) is 19.5 Å². The lowest BCUT2D eigenvalue weighted by Crippen LogP contribution is -2.28. The Morgan fingerprint density at radius 2 is 2.00 bits per heavy atom. The molecule has 0 aliphatic heterocycles. The minimum atomic E-state index is -0.555. The summed E-state index contributed by atoms with van der Waals surface area (Å²) in [6.07, 6.45) is 1.56. The van der Waals surface area contributed by atoms with E-state index in [0.717, 1.165) is 0 Å². The highest BCUT2D eigenvalue weighted by atomic mass is 19.1. The molecule has 1 heterocycles. The van der Waals surface area contributed by atoms with Gasteiger partial charge in [0.1, 0.15) is 6.33 Å². The lowest BCUT2D eigenvalue weighted by atomic mass is 10.1. The molecule has 1 unspecified atom stereocenters. The smallest absolute Gasteiger partial charge is 0.252 e. The van der Waals surface area contributed by atoms with Crippen molar-refractivity contribution in [1.29, 1.82) is 0 Å². The van der Waals surface area contributed by atoms with Gasteiger partial charge in [0.2, 0.25) is 0 Å². The van der Waals surface area contributed by atoms with Gasteiger partial charge in [-0.15, -0.1) is 10.2 Å². The molecule has 0 bridgehead atoms. The molecule has 9 heteroatoms. The van der Waals surface area contributed by atoms with E-state index in [1.165, 1.54) is 25.3 Å². The summed E-state index contributed by atoms with van der Waals surface area (Å²) in [7, 11) is 3.26. The van der Waals surface area contributed by atoms with Crippen molar-refractivity contribution in [3.05, 3.63) is 65.5 Å². The number of hydrogen-bond acceptors (Lipinski definition) is 6. The van der Waals surface area contributed by atoms with Crippen LogP contribution in [-0.2, 0) is 13.6 Å². The number of methoxy groups -OCH3 is 1. The Labute approximate surface area is 167 Å². The largest absolute Gasteiger partial charge is 0.493 e. The van der Waals surface area contributed by atoms with Crippen LogP contribution in [0, 0.1) is 5.82 Å². The molecule has 0 spiro atoms. The minimum Gasteiger partial charge on any atom is -0.493 e. The number of nitrogens with two attached hydrogens (primary N) is 1. The number of aromatic nitrogens is 3. The van der Waals surface area contributed by atoms with Gasteiger partial charge in [0.25, 0.3) is 5.91 Å². The Balaban J connectivity index is 1.83. The highest BCUT2D eigenvalue weighted by Gasteiger charge is 2.18. The van der Waals surface area contributed by atoms with Gasteiger partial charge in [-0.25, -0.2) is 4.39 Å². The van der Waals surface area contributed by atoms with Gasteiger partial charge in [-0.3, -0.25) is 4.79 Å². The average Bonchev–Trinajstić information content (AvgIpc) is 3.15. The molecular formula is C20H22FN5O3. The molecule has 29 heavy (non-hydrogen) atoms. The third-order valence-electron chi connectivity index (χ3n) is 4.36. The molecule has 0 aliphatic rings. The molecule has 2 aromatic carbocycles. The monoisotopic (exact) mass is 399 g/mol. The summed E-state index contributed by atoms with van der Waals surface area (Å²) in [6, 6.07) is 8.78. The first kappa shape index (κ1) is 20.3. The number of nitrogens with zero attached hydrogens (tertiary/aromatic N) is 3. The molecule has 1 aromatic heterocycles. The van der Waals surface area contributed by atoms with Crippen LogP contribution in [0.15, 0.2) is 42.7 Å². The van der Waals surface area contributed by atoms with Crippen molar-refractivity contribution in [3.8, 4) is 17.2 Å². The molecule has 3 rings (SSSR count). The standard InChI is InChI=1S/C20H22FN5O3/c1-12(19-25-23-11-26(19)2)24-20(27)14-5-7-17(28-3)18(9-14)29-16-6-4-13(10-22)8-15(16)21/h4-9,11-12H,10,22H2,1-3H3,(H,24,27). The summed E-state index contributed by atoms with van der Waals surface area (Å²) in [5.41, 5.74) is 6.50. The molecule has 0 fully saturated rings. The Hall–Kier alpha value is -3.46. The number of rotatable bonds is 7. The maximum absolute atomic E-state index is 14.3. The highest BCUT2D eigenvalue weighted by Crippen LogP contribution is 2.34. The molecule has 3 N–H and O–H groups in total. The van der Waals surface area contributed by atoms with Gasteiger partial charge in [-0.1, -0.05) is 6.07 Å². The van der Waals surface area contributed by atoms with E-state index >= 15 is 0 Å². The van der Waals surface area contributed by atoms with Crippen LogP contribution < -0.4 is 20.5 Å². The van der Waals surface area contributed by atoms with Crippen LogP contribution in [0.1, 0.15) is 34.7 Å². The molecule has 152 valence electrons. The van der Waals surface area contributed by atoms with Gasteiger partial charge in [-0.2, -0.15) is 0 Å². The van der Waals surface area contributed by atoms with Crippen LogP contribution in [0.25, 0.3) is 0 Å². The van der Waals surface area contributed by atoms with Crippen molar-refractivity contribution in [1.82, 2.24) is 20.1 Å². The Morgan fingerprint density at radius 3 is 2.62 bits per heavy atom. The minimum absolute atomic E-state index is 0.00510. The highest BCUT2D eigenvalue weighted by molar-refractivity contribution is 5.95. The molecule has 8 nitrogen and oxygen atoms in total. The van der Waals surface area contributed by atoms with E-state index in [-0.39, 0.29) is 30.0 Å². The third-order valence-corrected chi connectivity index (χ3v) is 4.36. The van der Waals surface area contributed by atoms with Crippen LogP contribution in [-0.4, -0.2) is 27.8 Å². The van der Waals surface area contributed by atoms with Gasteiger partial charge in [0.05, 0.1) is 13.2 Å². The lowest BCUT2D eigenvalue weighted by Gasteiger charge is -2.15. The summed E-state index contributed by atoms with van der Waals surface area (Å²) < 4.78 is 26.9. The number of halogens is 1. The van der Waals surface area contributed by atoms with E-state index in [1.807, 2.05) is 0 Å². The maximum Gasteiger partial charge on any atom is 0.252 e. The van der Waals surface area contributed by atoms with E-state index in [2.05, 4.69) is 15.5 Å². The second-order valence-corrected chi connectivity index (χ2v) is 6.43. The molecule has 1 amide bonds. The zero-order valence-corrected chi connectivity index (χ0v) is 16.3. The van der Waals surface area contributed by atoms with Crippen molar-refractivity contribution < 1.29 is 18.7 Å². The van der Waals surface area contributed by atoms with Gasteiger partial charge in [-0.05, 0) is 42.8 Å². The van der Waals surface area contributed by atoms with E-state index in [0.29, 0.717) is 22.7 Å². The number of ether oxygens (including phenoxy) is 2. The maximum atomic E-state index is 14.3. The SMILES string of the molecule is COc1ccc(C(=O)NC(C)c2nncn2C)cc1Oc1ccc(CN)cc1F. The van der Waals surface area contributed by atoms with E-state index in [9.17, 15) is 9.18 Å². The molecular weight excluding hydrogens is 377 g/mol. The predicted octanol–water partition coefficient (Wildman–Crippen LogP) is 2.70. The second-order valence-electron chi connectivity index (χ2n) is 6.43. The lowest BCUT2D eigenvalue weighted by molar-refractivity contribution is 0.0937. The molecule has 1 atom stereocenters. The first-order valence-electron chi connectivity index (χ1n) is 8.92. The number of amides is 1. The molecule has 0 saturated carbocycles. The van der Waals surface area contributed by atoms with Crippen LogP contribution in [0.3, 0.4) is 0 Å². The zero-order chi connectivity index (χ0) is 21.0. The number of aryl methyl sites for hydroxylation is 1. The zero-order valence-electron chi connectivity index (χ0n) is 16.3. The molecule has 3 aromatic rings. The van der Waals surface area contributed by atoms with Crippen LogP contribution in [0.5, 0.6) is 17.2 Å². The van der Waals surface area contributed by atoms with Crippen LogP contribution in [0.4, 0.5) is 4.39 Å². The third kappa shape index (κ3) is 4.52. The van der Waals surface area contributed by atoms with Gasteiger partial charge in [0, 0.05) is 19.2 Å². The summed E-state index contributed by atoms with van der Waals surface area (Å²) in [4.78, 5) is 12.7. The average molecular weight is 399 g/mol. The number of nitrogens with one attached hydrogen (secondary N) is 1. The van der Waals surface area contributed by atoms with Crippen molar-refractivity contribution >= 4 is 5.91 Å². The normalized spacial score (nSPS) is 11.8. The number of hydrogen-bond donors (Lipinski definition) is 2. The number of benzene rings is 2. The Morgan fingerprint density at radius 1 is 1.24 bits per heavy atom. The summed E-state index contributed by atoms with van der Waals surface area (Å²) in [5, 5.41) is 10.6. The Bertz CT molecular complexity index is 1020. The van der Waals surface area contributed by atoms with Crippen LogP contribution >= 0.6 is 0 Å². The van der Waals surface area contributed by atoms with Gasteiger partial charge >= 0.3 is 0 Å². The molecule has 0 radical (unpaired) electrons. The van der Waals surface area contributed by atoms with E-state index in [4.69, 9.17) is 15.2 Å². The first-order valence-corrected chi connectivity index (χ1v) is 8.92. The van der Waals surface area contributed by atoms with Gasteiger partial charge in [0.15, 0.2) is 28.9 Å². The fourth-order valence-corrected chi connectivity index (χ4v) is 2.80. The van der Waals surface area contributed by atoms with Gasteiger partial charge < -0.3 is 25.1 Å². The predicted molar refractivity (Wildman–Crippen MR) is 104 cm³/mol. The van der Waals surface area contributed by atoms with Crippen molar-refractivity contribution in [2.24, 2.45) is 12.8 Å². The number of carbonyl (C=O) groups excluding carboxylic acids is 1.